The first kappa shape index (κ1) is 10.4. The molecule has 3 heterocycles. The van der Waals surface area contributed by atoms with Crippen LogP contribution in [0.25, 0.3) is 17.2 Å². The number of fused-ring (bicyclic) bond motifs is 1. The number of carboxylic acids is 1. The van der Waals surface area contributed by atoms with Gasteiger partial charge in [-0.25, -0.2) is 14.8 Å². The number of aromatic nitrogens is 4. The summed E-state index contributed by atoms with van der Waals surface area (Å²) in [5, 5.41) is 9.11. The van der Waals surface area contributed by atoms with E-state index in [0.29, 0.717) is 17.2 Å². The van der Waals surface area contributed by atoms with Gasteiger partial charge in [0.25, 0.3) is 0 Å². The fraction of sp³-hybridized carbons (Fsp3) is 0. The van der Waals surface area contributed by atoms with Crippen molar-refractivity contribution in [2.45, 2.75) is 0 Å². The lowest BCUT2D eigenvalue weighted by atomic mass is 10.3. The summed E-state index contributed by atoms with van der Waals surface area (Å²) in [7, 11) is 0. The van der Waals surface area contributed by atoms with Crippen LogP contribution in [0.15, 0.2) is 42.9 Å². The molecule has 6 nitrogen and oxygen atoms in total. The van der Waals surface area contributed by atoms with Crippen molar-refractivity contribution in [1.82, 2.24) is 19.4 Å². The second-order valence-electron chi connectivity index (χ2n) is 3.62. The number of nitrogens with zero attached hydrogens (tertiary/aromatic N) is 4. The normalized spacial score (nSPS) is 10.7. The zero-order valence-corrected chi connectivity index (χ0v) is 9.19. The van der Waals surface area contributed by atoms with Gasteiger partial charge in [0.15, 0.2) is 17.2 Å². The van der Waals surface area contributed by atoms with E-state index in [2.05, 4.69) is 15.0 Å². The molecule has 0 fully saturated rings. The van der Waals surface area contributed by atoms with Crippen LogP contribution in [0, 0.1) is 0 Å². The van der Waals surface area contributed by atoms with E-state index in [4.69, 9.17) is 5.11 Å². The largest absolute Gasteiger partial charge is 0.476 e. The van der Waals surface area contributed by atoms with E-state index in [9.17, 15) is 4.79 Å². The zero-order valence-electron chi connectivity index (χ0n) is 9.19. The topological polar surface area (TPSA) is 80.4 Å². The standard InChI is InChI=1S/C12H8N4O2/c17-12(18)9-11-14-6-3-7-16(11)10(15-9)8-4-1-2-5-13-8/h1-7H,(H,17,18). The minimum Gasteiger partial charge on any atom is -0.476 e. The molecule has 0 atom stereocenters. The van der Waals surface area contributed by atoms with E-state index in [0.717, 1.165) is 0 Å². The molecule has 1 N–H and O–H groups in total. The maximum absolute atomic E-state index is 11.1. The molecule has 0 amide bonds. The molecule has 6 heteroatoms. The predicted octanol–water partition coefficient (Wildman–Crippen LogP) is 1.49. The Morgan fingerprint density at radius 2 is 2.00 bits per heavy atom. The third-order valence-corrected chi connectivity index (χ3v) is 2.50. The number of pyridine rings is 1. The fourth-order valence-corrected chi connectivity index (χ4v) is 1.75. The van der Waals surface area contributed by atoms with Gasteiger partial charge >= 0.3 is 5.97 Å². The molecule has 88 valence electrons. The van der Waals surface area contributed by atoms with E-state index in [-0.39, 0.29) is 5.69 Å². The Balaban J connectivity index is 2.34. The first-order valence-corrected chi connectivity index (χ1v) is 5.25. The molecule has 0 bridgehead atoms. The van der Waals surface area contributed by atoms with E-state index < -0.39 is 5.97 Å². The molecular weight excluding hydrogens is 232 g/mol. The highest BCUT2D eigenvalue weighted by atomic mass is 16.4. The van der Waals surface area contributed by atoms with Crippen LogP contribution in [-0.2, 0) is 0 Å². The first-order chi connectivity index (χ1) is 8.77. The summed E-state index contributed by atoms with van der Waals surface area (Å²) >= 11 is 0. The van der Waals surface area contributed by atoms with Gasteiger partial charge in [-0.2, -0.15) is 0 Å². The summed E-state index contributed by atoms with van der Waals surface area (Å²) in [5.74, 6) is -0.635. The van der Waals surface area contributed by atoms with E-state index in [1.807, 2.05) is 6.07 Å². The van der Waals surface area contributed by atoms with Crippen LogP contribution < -0.4 is 0 Å². The molecule has 0 unspecified atom stereocenters. The SMILES string of the molecule is O=C(O)c1nc(-c2ccccn2)n2cccnc12. The Bertz CT molecular complexity index is 721. The average molecular weight is 240 g/mol. The van der Waals surface area contributed by atoms with Gasteiger partial charge in [-0.3, -0.25) is 9.38 Å². The van der Waals surface area contributed by atoms with Crippen LogP contribution in [0.5, 0.6) is 0 Å². The third-order valence-electron chi connectivity index (χ3n) is 2.50. The van der Waals surface area contributed by atoms with Crippen molar-refractivity contribution < 1.29 is 9.90 Å². The minimum atomic E-state index is -1.10. The van der Waals surface area contributed by atoms with Crippen LogP contribution in [0.3, 0.4) is 0 Å². The molecule has 0 aliphatic rings. The Labute approximate surface area is 102 Å². The molecule has 0 aromatic carbocycles. The lowest BCUT2D eigenvalue weighted by Gasteiger charge is -1.98. The fourth-order valence-electron chi connectivity index (χ4n) is 1.75. The van der Waals surface area contributed by atoms with Gasteiger partial charge in [0.2, 0.25) is 0 Å². The molecule has 0 spiro atoms. The van der Waals surface area contributed by atoms with Crippen molar-refractivity contribution in [1.29, 1.82) is 0 Å². The Morgan fingerprint density at radius 1 is 1.17 bits per heavy atom. The summed E-state index contributed by atoms with van der Waals surface area (Å²) in [4.78, 5) is 23.4. The number of aromatic carboxylic acids is 1. The van der Waals surface area contributed by atoms with Crippen LogP contribution >= 0.6 is 0 Å². The monoisotopic (exact) mass is 240 g/mol. The summed E-state index contributed by atoms with van der Waals surface area (Å²) in [5.41, 5.74) is 0.843. The van der Waals surface area contributed by atoms with Crippen molar-refractivity contribution in [3.8, 4) is 11.5 Å². The van der Waals surface area contributed by atoms with Gasteiger partial charge in [0.05, 0.1) is 0 Å². The van der Waals surface area contributed by atoms with Gasteiger partial charge in [-0.05, 0) is 18.2 Å². The molecule has 3 aromatic rings. The van der Waals surface area contributed by atoms with E-state index >= 15 is 0 Å². The van der Waals surface area contributed by atoms with Crippen molar-refractivity contribution in [3.05, 3.63) is 48.5 Å². The number of rotatable bonds is 2. The maximum atomic E-state index is 11.1. The van der Waals surface area contributed by atoms with Gasteiger partial charge in [-0.1, -0.05) is 6.07 Å². The van der Waals surface area contributed by atoms with Crippen molar-refractivity contribution in [3.63, 3.8) is 0 Å². The van der Waals surface area contributed by atoms with Crippen molar-refractivity contribution >= 4 is 11.6 Å². The molecule has 0 radical (unpaired) electrons. The highest BCUT2D eigenvalue weighted by Crippen LogP contribution is 2.19. The smallest absolute Gasteiger partial charge is 0.358 e. The lowest BCUT2D eigenvalue weighted by Crippen LogP contribution is -1.98. The predicted molar refractivity (Wildman–Crippen MR) is 63.2 cm³/mol. The molecule has 3 aromatic heterocycles. The van der Waals surface area contributed by atoms with Gasteiger partial charge in [0, 0.05) is 18.6 Å². The maximum Gasteiger partial charge on any atom is 0.358 e. The zero-order chi connectivity index (χ0) is 12.5. The summed E-state index contributed by atoms with van der Waals surface area (Å²) in [6, 6.07) is 7.09. The van der Waals surface area contributed by atoms with E-state index in [1.54, 1.807) is 35.0 Å². The molecule has 0 aliphatic heterocycles. The Morgan fingerprint density at radius 3 is 2.72 bits per heavy atom. The number of carboxylic acid groups (broad SMARTS) is 1. The number of carbonyl (C=O) groups is 1. The number of imidazole rings is 1. The molecule has 0 saturated carbocycles. The third kappa shape index (κ3) is 1.51. The van der Waals surface area contributed by atoms with Crippen molar-refractivity contribution in [2.24, 2.45) is 0 Å². The summed E-state index contributed by atoms with van der Waals surface area (Å²) in [6.45, 7) is 0. The minimum absolute atomic E-state index is 0.0729. The highest BCUT2D eigenvalue weighted by Gasteiger charge is 2.18. The molecular formula is C12H8N4O2. The second kappa shape index (κ2) is 3.92. The second-order valence-corrected chi connectivity index (χ2v) is 3.62. The Hall–Kier alpha value is -2.76. The average Bonchev–Trinajstić information content (AvgIpc) is 2.79. The van der Waals surface area contributed by atoms with Gasteiger partial charge in [-0.15, -0.1) is 0 Å². The molecule has 0 aliphatic carbocycles. The quantitative estimate of drug-likeness (QED) is 0.734. The molecule has 3 rings (SSSR count). The number of hydrogen-bond donors (Lipinski definition) is 1. The van der Waals surface area contributed by atoms with Crippen LogP contribution in [-0.4, -0.2) is 30.4 Å². The van der Waals surface area contributed by atoms with Gasteiger partial charge < -0.3 is 5.11 Å². The van der Waals surface area contributed by atoms with Crippen LogP contribution in [0.2, 0.25) is 0 Å². The summed E-state index contributed by atoms with van der Waals surface area (Å²) in [6.07, 6.45) is 4.88. The lowest BCUT2D eigenvalue weighted by molar-refractivity contribution is 0.0693. The van der Waals surface area contributed by atoms with Gasteiger partial charge in [0.1, 0.15) is 5.69 Å². The number of hydrogen-bond acceptors (Lipinski definition) is 4. The highest BCUT2D eigenvalue weighted by molar-refractivity contribution is 5.93. The van der Waals surface area contributed by atoms with Crippen LogP contribution in [0.4, 0.5) is 0 Å². The first-order valence-electron chi connectivity index (χ1n) is 5.25. The summed E-state index contributed by atoms with van der Waals surface area (Å²) < 4.78 is 1.62. The van der Waals surface area contributed by atoms with Crippen molar-refractivity contribution in [2.75, 3.05) is 0 Å². The van der Waals surface area contributed by atoms with E-state index in [1.165, 1.54) is 6.20 Å². The molecule has 18 heavy (non-hydrogen) atoms. The van der Waals surface area contributed by atoms with Crippen LogP contribution in [0.1, 0.15) is 10.5 Å². The molecule has 0 saturated heterocycles. The Kier molecular flexibility index (Phi) is 2.26.